The van der Waals surface area contributed by atoms with Crippen LogP contribution in [0.2, 0.25) is 5.02 Å². The van der Waals surface area contributed by atoms with Gasteiger partial charge in [0, 0.05) is 44.7 Å². The zero-order valence-electron chi connectivity index (χ0n) is 16.2. The number of nitrogens with one attached hydrogen (secondary N) is 2. The van der Waals surface area contributed by atoms with Gasteiger partial charge in [-0.2, -0.15) is 0 Å². The molecule has 0 unspecified atom stereocenters. The largest absolute Gasteiger partial charge is 0.356 e. The van der Waals surface area contributed by atoms with Crippen LogP contribution in [0.3, 0.4) is 0 Å². The number of carbonyl (C=O) groups is 1. The summed E-state index contributed by atoms with van der Waals surface area (Å²) >= 11 is 6.20. The van der Waals surface area contributed by atoms with E-state index in [2.05, 4.69) is 33.8 Å². The maximum Gasteiger partial charge on any atom is 0.222 e. The minimum Gasteiger partial charge on any atom is -0.356 e. The Hall–Kier alpha value is -2.53. The molecular formula is C22H27ClN4O. The third-order valence-corrected chi connectivity index (χ3v) is 5.23. The van der Waals surface area contributed by atoms with Gasteiger partial charge in [0.2, 0.25) is 5.91 Å². The lowest BCUT2D eigenvalue weighted by atomic mass is 10.1. The normalized spacial score (nSPS) is 14.4. The van der Waals surface area contributed by atoms with Crippen molar-refractivity contribution in [2.45, 2.75) is 32.4 Å². The van der Waals surface area contributed by atoms with Gasteiger partial charge in [-0.3, -0.25) is 9.79 Å². The number of hydrogen-bond acceptors (Lipinski definition) is 2. The highest BCUT2D eigenvalue weighted by molar-refractivity contribution is 6.31. The van der Waals surface area contributed by atoms with Gasteiger partial charge in [0.15, 0.2) is 5.96 Å². The maximum atomic E-state index is 11.8. The first-order chi connectivity index (χ1) is 13.7. The predicted molar refractivity (Wildman–Crippen MR) is 114 cm³/mol. The number of nitrogens with zero attached hydrogens (tertiary/aromatic N) is 2. The van der Waals surface area contributed by atoms with Gasteiger partial charge >= 0.3 is 0 Å². The monoisotopic (exact) mass is 398 g/mol. The number of amides is 1. The maximum absolute atomic E-state index is 11.8. The average Bonchev–Trinajstić information content (AvgIpc) is 3.10. The molecule has 1 fully saturated rings. The van der Waals surface area contributed by atoms with Crippen LogP contribution in [0.5, 0.6) is 0 Å². The van der Waals surface area contributed by atoms with Crippen molar-refractivity contribution in [2.24, 2.45) is 4.99 Å². The standard InChI is InChI=1S/C22H27ClN4O/c1-24-22(25-12-11-19-8-2-3-9-20(19)23)26-15-17-6-4-7-18(14-17)16-27-13-5-10-21(27)28/h2-4,6-9,14H,5,10-13,15-16H2,1H3,(H2,24,25,26). The molecule has 0 atom stereocenters. The van der Waals surface area contributed by atoms with Crippen molar-refractivity contribution >= 4 is 23.5 Å². The fourth-order valence-electron chi connectivity index (χ4n) is 3.35. The van der Waals surface area contributed by atoms with Crippen LogP contribution in [-0.2, 0) is 24.3 Å². The van der Waals surface area contributed by atoms with Crippen LogP contribution in [0.15, 0.2) is 53.5 Å². The van der Waals surface area contributed by atoms with Crippen LogP contribution in [-0.4, -0.2) is 36.9 Å². The molecule has 3 rings (SSSR count). The molecule has 0 bridgehead atoms. The molecule has 2 aromatic carbocycles. The van der Waals surface area contributed by atoms with Crippen molar-refractivity contribution in [3.63, 3.8) is 0 Å². The highest BCUT2D eigenvalue weighted by atomic mass is 35.5. The summed E-state index contributed by atoms with van der Waals surface area (Å²) < 4.78 is 0. The molecule has 1 heterocycles. The summed E-state index contributed by atoms with van der Waals surface area (Å²) in [6.07, 6.45) is 2.48. The van der Waals surface area contributed by atoms with Gasteiger partial charge in [0.25, 0.3) is 0 Å². The Morgan fingerprint density at radius 1 is 1.14 bits per heavy atom. The third kappa shape index (κ3) is 5.73. The Morgan fingerprint density at radius 2 is 1.96 bits per heavy atom. The molecule has 0 spiro atoms. The number of carbonyl (C=O) groups excluding carboxylic acids is 1. The van der Waals surface area contributed by atoms with E-state index in [1.165, 1.54) is 0 Å². The summed E-state index contributed by atoms with van der Waals surface area (Å²) in [5.74, 6) is 1.01. The molecule has 5 nitrogen and oxygen atoms in total. The number of hydrogen-bond donors (Lipinski definition) is 2. The van der Waals surface area contributed by atoms with Gasteiger partial charge in [0.05, 0.1) is 0 Å². The molecule has 1 amide bonds. The van der Waals surface area contributed by atoms with Crippen molar-refractivity contribution in [1.29, 1.82) is 0 Å². The molecule has 2 N–H and O–H groups in total. The molecule has 6 heteroatoms. The summed E-state index contributed by atoms with van der Waals surface area (Å²) in [6.45, 7) is 2.98. The number of halogens is 1. The zero-order chi connectivity index (χ0) is 19.8. The summed E-state index contributed by atoms with van der Waals surface area (Å²) in [6, 6.07) is 16.2. The second-order valence-electron chi connectivity index (χ2n) is 6.93. The molecule has 2 aromatic rings. The van der Waals surface area contributed by atoms with E-state index in [-0.39, 0.29) is 5.91 Å². The van der Waals surface area contributed by atoms with Gasteiger partial charge in [-0.15, -0.1) is 0 Å². The van der Waals surface area contributed by atoms with Crippen LogP contribution in [0.25, 0.3) is 0 Å². The number of aliphatic imine (C=N–C) groups is 1. The van der Waals surface area contributed by atoms with Crippen LogP contribution in [0, 0.1) is 0 Å². The van der Waals surface area contributed by atoms with Crippen molar-refractivity contribution in [3.05, 3.63) is 70.2 Å². The number of benzene rings is 2. The van der Waals surface area contributed by atoms with E-state index >= 15 is 0 Å². The highest BCUT2D eigenvalue weighted by Crippen LogP contribution is 2.16. The Balaban J connectivity index is 1.47. The minimum absolute atomic E-state index is 0.256. The summed E-state index contributed by atoms with van der Waals surface area (Å²) in [5.41, 5.74) is 3.45. The van der Waals surface area contributed by atoms with E-state index in [0.717, 1.165) is 53.6 Å². The molecule has 0 aliphatic carbocycles. The number of likely N-dealkylation sites (tertiary alicyclic amines) is 1. The Labute approximate surface area is 171 Å². The molecule has 1 saturated heterocycles. The van der Waals surface area contributed by atoms with E-state index in [4.69, 9.17) is 11.6 Å². The molecule has 0 saturated carbocycles. The van der Waals surface area contributed by atoms with E-state index in [0.29, 0.717) is 19.5 Å². The van der Waals surface area contributed by atoms with Gasteiger partial charge in [-0.1, -0.05) is 54.1 Å². The van der Waals surface area contributed by atoms with Gasteiger partial charge < -0.3 is 15.5 Å². The zero-order valence-corrected chi connectivity index (χ0v) is 17.0. The SMILES string of the molecule is CN=C(NCCc1ccccc1Cl)NCc1cccc(CN2CCCC2=O)c1. The quantitative estimate of drug-likeness (QED) is 0.555. The third-order valence-electron chi connectivity index (χ3n) is 4.86. The summed E-state index contributed by atoms with van der Waals surface area (Å²) in [4.78, 5) is 18.0. The van der Waals surface area contributed by atoms with Crippen LogP contribution < -0.4 is 10.6 Å². The highest BCUT2D eigenvalue weighted by Gasteiger charge is 2.19. The molecule has 28 heavy (non-hydrogen) atoms. The summed E-state index contributed by atoms with van der Waals surface area (Å²) in [7, 11) is 1.76. The van der Waals surface area contributed by atoms with Crippen molar-refractivity contribution in [1.82, 2.24) is 15.5 Å². The number of guanidine groups is 1. The Morgan fingerprint density at radius 3 is 2.71 bits per heavy atom. The molecule has 0 radical (unpaired) electrons. The van der Waals surface area contributed by atoms with Crippen molar-refractivity contribution in [3.8, 4) is 0 Å². The van der Waals surface area contributed by atoms with Crippen molar-refractivity contribution in [2.75, 3.05) is 20.1 Å². The van der Waals surface area contributed by atoms with Crippen LogP contribution >= 0.6 is 11.6 Å². The lowest BCUT2D eigenvalue weighted by Gasteiger charge is -2.16. The first-order valence-corrected chi connectivity index (χ1v) is 10.1. The average molecular weight is 399 g/mol. The lowest BCUT2D eigenvalue weighted by molar-refractivity contribution is -0.128. The fraction of sp³-hybridized carbons (Fsp3) is 0.364. The van der Waals surface area contributed by atoms with Gasteiger partial charge in [-0.25, -0.2) is 0 Å². The minimum atomic E-state index is 0.256. The molecule has 1 aliphatic rings. The van der Waals surface area contributed by atoms with Crippen LogP contribution in [0.4, 0.5) is 0 Å². The Kier molecular flexibility index (Phi) is 7.31. The van der Waals surface area contributed by atoms with E-state index in [1.807, 2.05) is 35.2 Å². The van der Waals surface area contributed by atoms with E-state index < -0.39 is 0 Å². The van der Waals surface area contributed by atoms with Crippen molar-refractivity contribution < 1.29 is 4.79 Å². The summed E-state index contributed by atoms with van der Waals surface area (Å²) in [5, 5.41) is 7.46. The van der Waals surface area contributed by atoms with E-state index in [1.54, 1.807) is 7.05 Å². The molecule has 0 aromatic heterocycles. The lowest BCUT2D eigenvalue weighted by Crippen LogP contribution is -2.37. The first-order valence-electron chi connectivity index (χ1n) is 9.69. The second kappa shape index (κ2) is 10.1. The number of rotatable bonds is 7. The molecule has 1 aliphatic heterocycles. The van der Waals surface area contributed by atoms with Crippen LogP contribution in [0.1, 0.15) is 29.5 Å². The topological polar surface area (TPSA) is 56.7 Å². The molecular weight excluding hydrogens is 372 g/mol. The van der Waals surface area contributed by atoms with Gasteiger partial charge in [-0.05, 0) is 35.6 Å². The smallest absolute Gasteiger partial charge is 0.222 e. The second-order valence-corrected chi connectivity index (χ2v) is 7.34. The molecule has 148 valence electrons. The predicted octanol–water partition coefficient (Wildman–Crippen LogP) is 3.37. The Bertz CT molecular complexity index is 837. The first kappa shape index (κ1) is 20.2. The fourth-order valence-corrected chi connectivity index (χ4v) is 3.58. The van der Waals surface area contributed by atoms with Gasteiger partial charge in [0.1, 0.15) is 0 Å². The van der Waals surface area contributed by atoms with E-state index in [9.17, 15) is 4.79 Å².